The first-order valence-corrected chi connectivity index (χ1v) is 5.24. The number of nitrogens with zero attached hydrogens (tertiary/aromatic N) is 1. The first kappa shape index (κ1) is 6.96. The number of carbonyl (C=O) groups excluding carboxylic acids is 1. The molecule has 1 atom stereocenters. The van der Waals surface area contributed by atoms with Crippen molar-refractivity contribution in [1.82, 2.24) is 0 Å². The molecule has 1 amide bonds. The first-order chi connectivity index (χ1) is 5.11. The van der Waals surface area contributed by atoms with E-state index < -0.39 is 15.8 Å². The Balaban J connectivity index is 2.89. The smallest absolute Gasteiger partial charge is 0.265 e. The summed E-state index contributed by atoms with van der Waals surface area (Å²) in [6.45, 7) is 0. The minimum absolute atomic E-state index is 0.382. The van der Waals surface area contributed by atoms with Crippen LogP contribution in [0.5, 0.6) is 0 Å². The zero-order valence-corrected chi connectivity index (χ0v) is 6.95. The van der Waals surface area contributed by atoms with Crippen LogP contribution in [0.25, 0.3) is 0 Å². The Hall–Kier alpha value is -0.720. The van der Waals surface area contributed by atoms with Gasteiger partial charge in [0.05, 0.1) is 4.90 Å². The van der Waals surface area contributed by atoms with Gasteiger partial charge in [0.25, 0.3) is 5.91 Å². The van der Waals surface area contributed by atoms with E-state index in [4.69, 9.17) is 5.14 Å². The molecule has 1 aliphatic rings. The predicted molar refractivity (Wildman–Crippen MR) is 41.7 cm³/mol. The molecular formula is C5H4N2O2S2. The predicted octanol–water partition coefficient (Wildman–Crippen LogP) is 0.603. The van der Waals surface area contributed by atoms with Gasteiger partial charge in [-0.3, -0.25) is 4.79 Å². The molecular weight excluding hydrogens is 184 g/mol. The number of amides is 1. The number of carbonyl (C=O) groups is 1. The van der Waals surface area contributed by atoms with Gasteiger partial charge in [-0.1, -0.05) is 0 Å². The summed E-state index contributed by atoms with van der Waals surface area (Å²) in [5.74, 6) is -0.456. The highest BCUT2D eigenvalue weighted by Gasteiger charge is 2.27. The monoisotopic (exact) mass is 188 g/mol. The van der Waals surface area contributed by atoms with Crippen molar-refractivity contribution in [3.63, 3.8) is 0 Å². The van der Waals surface area contributed by atoms with E-state index in [0.717, 1.165) is 0 Å². The molecule has 0 aromatic carbocycles. The van der Waals surface area contributed by atoms with Gasteiger partial charge in [0.15, 0.2) is 0 Å². The molecule has 11 heavy (non-hydrogen) atoms. The van der Waals surface area contributed by atoms with Gasteiger partial charge in [-0.05, 0) is 11.4 Å². The van der Waals surface area contributed by atoms with Crippen molar-refractivity contribution in [2.24, 2.45) is 9.50 Å². The van der Waals surface area contributed by atoms with Gasteiger partial charge in [-0.15, -0.1) is 15.7 Å². The molecule has 1 unspecified atom stereocenters. The molecule has 2 rings (SSSR count). The van der Waals surface area contributed by atoms with Crippen LogP contribution in [0.3, 0.4) is 0 Å². The number of hydrogen-bond donors (Lipinski definition) is 1. The highest BCUT2D eigenvalue weighted by atomic mass is 32.2. The van der Waals surface area contributed by atoms with E-state index in [2.05, 4.69) is 4.36 Å². The van der Waals surface area contributed by atoms with Gasteiger partial charge in [0, 0.05) is 0 Å². The maximum atomic E-state index is 11.3. The topological polar surface area (TPSA) is 72.5 Å². The fourth-order valence-electron chi connectivity index (χ4n) is 0.898. The van der Waals surface area contributed by atoms with Gasteiger partial charge >= 0.3 is 0 Å². The molecule has 1 aliphatic heterocycles. The Morgan fingerprint density at radius 3 is 3.00 bits per heavy atom. The number of thiophene rings is 1. The van der Waals surface area contributed by atoms with Crippen LogP contribution in [0.1, 0.15) is 9.67 Å². The van der Waals surface area contributed by atoms with Crippen LogP contribution in [-0.4, -0.2) is 10.1 Å². The van der Waals surface area contributed by atoms with Crippen LogP contribution in [0.2, 0.25) is 0 Å². The van der Waals surface area contributed by atoms with Gasteiger partial charge in [0.1, 0.15) is 14.8 Å². The molecule has 1 aromatic heterocycles. The molecule has 2 N–H and O–H groups in total. The van der Waals surface area contributed by atoms with Crippen molar-refractivity contribution >= 4 is 27.2 Å². The van der Waals surface area contributed by atoms with E-state index in [9.17, 15) is 9.00 Å². The second kappa shape index (κ2) is 1.90. The minimum Gasteiger partial charge on any atom is -0.265 e. The number of hydrogen-bond acceptors (Lipinski definition) is 3. The lowest BCUT2D eigenvalue weighted by molar-refractivity contribution is 0.101. The lowest BCUT2D eigenvalue weighted by Gasteiger charge is -1.89. The SMILES string of the molecule is NS1(=O)=NC(=O)c2sccc21. The molecule has 0 radical (unpaired) electrons. The second-order valence-corrected chi connectivity index (χ2v) is 4.75. The van der Waals surface area contributed by atoms with Crippen LogP contribution in [-0.2, 0) is 9.92 Å². The summed E-state index contributed by atoms with van der Waals surface area (Å²) in [5, 5.41) is 6.96. The highest BCUT2D eigenvalue weighted by molar-refractivity contribution is 7.92. The zero-order chi connectivity index (χ0) is 8.06. The van der Waals surface area contributed by atoms with Gasteiger partial charge in [-0.2, -0.15) is 0 Å². The Morgan fingerprint density at radius 1 is 1.64 bits per heavy atom. The van der Waals surface area contributed by atoms with E-state index in [1.807, 2.05) is 0 Å². The standard InChI is InChI=1S/C5H4N2O2S2/c6-11(9)3-1-2-10-4(3)5(8)7-11/h1-2H,(H2,6,7,8,9). The lowest BCUT2D eigenvalue weighted by Crippen LogP contribution is -2.08. The van der Waals surface area contributed by atoms with E-state index in [1.54, 1.807) is 11.4 Å². The number of fused-ring (bicyclic) bond motifs is 1. The molecule has 0 bridgehead atoms. The number of nitrogens with two attached hydrogens (primary N) is 1. The van der Waals surface area contributed by atoms with Crippen LogP contribution < -0.4 is 5.14 Å². The Labute approximate surface area is 67.3 Å². The van der Waals surface area contributed by atoms with Crippen molar-refractivity contribution in [1.29, 1.82) is 0 Å². The summed E-state index contributed by atoms with van der Waals surface area (Å²) in [7, 11) is -2.88. The van der Waals surface area contributed by atoms with E-state index in [1.165, 1.54) is 11.3 Å². The van der Waals surface area contributed by atoms with Crippen molar-refractivity contribution in [3.8, 4) is 0 Å². The quantitative estimate of drug-likeness (QED) is 0.647. The third-order valence-electron chi connectivity index (χ3n) is 1.36. The van der Waals surface area contributed by atoms with E-state index in [0.29, 0.717) is 9.77 Å². The first-order valence-electron chi connectivity index (χ1n) is 2.78. The van der Waals surface area contributed by atoms with E-state index >= 15 is 0 Å². The molecule has 6 heteroatoms. The molecule has 0 saturated carbocycles. The average Bonchev–Trinajstić information content (AvgIpc) is 2.37. The molecule has 58 valence electrons. The third-order valence-corrected chi connectivity index (χ3v) is 3.80. The fourth-order valence-corrected chi connectivity index (χ4v) is 3.27. The van der Waals surface area contributed by atoms with Gasteiger partial charge in [0.2, 0.25) is 0 Å². The van der Waals surface area contributed by atoms with Crippen LogP contribution in [0, 0.1) is 0 Å². The Morgan fingerprint density at radius 2 is 2.36 bits per heavy atom. The number of rotatable bonds is 0. The average molecular weight is 188 g/mol. The molecule has 2 heterocycles. The highest BCUT2D eigenvalue weighted by Crippen LogP contribution is 2.28. The Kier molecular flexibility index (Phi) is 1.20. The summed E-state index contributed by atoms with van der Waals surface area (Å²) < 4.78 is 14.6. The zero-order valence-electron chi connectivity index (χ0n) is 5.31. The molecule has 4 nitrogen and oxygen atoms in total. The third kappa shape index (κ3) is 0.834. The summed E-state index contributed by atoms with van der Waals surface area (Å²) >= 11 is 1.22. The summed E-state index contributed by atoms with van der Waals surface area (Å²) in [6, 6.07) is 1.58. The summed E-state index contributed by atoms with van der Waals surface area (Å²) in [5.41, 5.74) is 0. The molecule has 0 fully saturated rings. The maximum Gasteiger partial charge on any atom is 0.297 e. The summed E-state index contributed by atoms with van der Waals surface area (Å²) in [6.07, 6.45) is 0. The van der Waals surface area contributed by atoms with Gasteiger partial charge < -0.3 is 0 Å². The maximum absolute atomic E-state index is 11.3. The van der Waals surface area contributed by atoms with Crippen molar-refractivity contribution in [2.75, 3.05) is 0 Å². The fraction of sp³-hybridized carbons (Fsp3) is 0. The largest absolute Gasteiger partial charge is 0.297 e. The van der Waals surface area contributed by atoms with E-state index in [-0.39, 0.29) is 0 Å². The van der Waals surface area contributed by atoms with Crippen LogP contribution in [0.4, 0.5) is 0 Å². The molecule has 1 aromatic rings. The Bertz CT molecular complexity index is 439. The molecule has 0 spiro atoms. The van der Waals surface area contributed by atoms with Crippen molar-refractivity contribution < 1.29 is 9.00 Å². The van der Waals surface area contributed by atoms with Crippen molar-refractivity contribution in [3.05, 3.63) is 16.3 Å². The molecule has 0 aliphatic carbocycles. The normalized spacial score (nSPS) is 28.3. The summed E-state index contributed by atoms with van der Waals surface area (Å²) in [4.78, 5) is 11.7. The second-order valence-electron chi connectivity index (χ2n) is 2.08. The van der Waals surface area contributed by atoms with Crippen LogP contribution >= 0.6 is 11.3 Å². The minimum atomic E-state index is -2.88. The van der Waals surface area contributed by atoms with Crippen molar-refractivity contribution in [2.45, 2.75) is 4.90 Å². The van der Waals surface area contributed by atoms with Gasteiger partial charge in [-0.25, -0.2) is 9.35 Å². The lowest BCUT2D eigenvalue weighted by atomic mass is 10.5. The molecule has 0 saturated heterocycles. The van der Waals surface area contributed by atoms with Crippen LogP contribution in [0.15, 0.2) is 20.7 Å².